The number of rotatable bonds is 10. The van der Waals surface area contributed by atoms with Crippen molar-refractivity contribution in [3.63, 3.8) is 0 Å². The van der Waals surface area contributed by atoms with Crippen LogP contribution < -0.4 is 16.0 Å². The Bertz CT molecular complexity index is 1400. The summed E-state index contributed by atoms with van der Waals surface area (Å²) >= 11 is 0. The van der Waals surface area contributed by atoms with Gasteiger partial charge in [-0.05, 0) is 31.0 Å². The van der Waals surface area contributed by atoms with Crippen LogP contribution in [0.25, 0.3) is 22.4 Å². The van der Waals surface area contributed by atoms with Crippen LogP contribution in [0.15, 0.2) is 60.8 Å². The van der Waals surface area contributed by atoms with Gasteiger partial charge < -0.3 is 25.8 Å². The zero-order valence-electron chi connectivity index (χ0n) is 22.1. The first-order chi connectivity index (χ1) is 19.1. The molecular formula is C29H34N8O2. The monoisotopic (exact) mass is 526 g/mol. The fourth-order valence-electron chi connectivity index (χ4n) is 4.80. The van der Waals surface area contributed by atoms with Gasteiger partial charge in [-0.15, -0.1) is 0 Å². The first kappa shape index (κ1) is 26.3. The van der Waals surface area contributed by atoms with E-state index in [0.29, 0.717) is 55.2 Å². The third kappa shape index (κ3) is 6.77. The summed E-state index contributed by atoms with van der Waals surface area (Å²) in [5.74, 6) is 1.06. The van der Waals surface area contributed by atoms with E-state index in [9.17, 15) is 9.59 Å². The van der Waals surface area contributed by atoms with Crippen molar-refractivity contribution < 1.29 is 9.59 Å². The summed E-state index contributed by atoms with van der Waals surface area (Å²) < 4.78 is 0. The molecule has 1 aliphatic rings. The number of piperidine rings is 1. The predicted molar refractivity (Wildman–Crippen MR) is 151 cm³/mol. The van der Waals surface area contributed by atoms with E-state index in [1.807, 2.05) is 65.7 Å². The Morgan fingerprint density at radius 3 is 2.54 bits per heavy atom. The summed E-state index contributed by atoms with van der Waals surface area (Å²) in [5.41, 5.74) is 3.06. The van der Waals surface area contributed by atoms with E-state index < -0.39 is 0 Å². The van der Waals surface area contributed by atoms with E-state index in [2.05, 4.69) is 25.9 Å². The molecule has 1 aromatic carbocycles. The van der Waals surface area contributed by atoms with Crippen LogP contribution in [0, 0.1) is 0 Å². The maximum atomic E-state index is 13.4. The minimum Gasteiger partial charge on any atom is -0.368 e. The first-order valence-electron chi connectivity index (χ1n) is 13.4. The van der Waals surface area contributed by atoms with E-state index in [0.717, 1.165) is 42.5 Å². The minimum absolute atomic E-state index is 0.0367. The first-order valence-corrected chi connectivity index (χ1v) is 13.4. The molecule has 0 atom stereocenters. The molecule has 0 unspecified atom stereocenters. The predicted octanol–water partition coefficient (Wildman–Crippen LogP) is 3.00. The van der Waals surface area contributed by atoms with Crippen molar-refractivity contribution in [3.8, 4) is 11.4 Å². The molecule has 1 fully saturated rings. The van der Waals surface area contributed by atoms with Crippen LogP contribution in [0.3, 0.4) is 0 Å². The molecule has 5 rings (SSSR count). The SMILES string of the molecule is CC(=O)NCCNc1nc(-c2ccccc2)nc2[nH]c(C(=O)N3CCC(NCCc4ccccn4)CC3)cc12. The Hall–Kier alpha value is -4.31. The molecule has 1 saturated heterocycles. The molecule has 0 bridgehead atoms. The average Bonchev–Trinajstić information content (AvgIpc) is 3.41. The van der Waals surface area contributed by atoms with Crippen molar-refractivity contribution in [2.24, 2.45) is 0 Å². The molecule has 0 aliphatic carbocycles. The van der Waals surface area contributed by atoms with E-state index in [4.69, 9.17) is 9.97 Å². The third-order valence-electron chi connectivity index (χ3n) is 6.86. The second-order valence-electron chi connectivity index (χ2n) is 9.71. The molecule has 0 spiro atoms. The number of aromatic nitrogens is 4. The van der Waals surface area contributed by atoms with Gasteiger partial charge in [0.05, 0.1) is 5.39 Å². The zero-order chi connectivity index (χ0) is 27.0. The number of anilines is 1. The van der Waals surface area contributed by atoms with Crippen LogP contribution in [0.5, 0.6) is 0 Å². The number of benzene rings is 1. The number of carbonyl (C=O) groups excluding carboxylic acids is 2. The normalized spacial score (nSPS) is 13.9. The Kier molecular flexibility index (Phi) is 8.42. The van der Waals surface area contributed by atoms with Crippen LogP contribution in [-0.2, 0) is 11.2 Å². The van der Waals surface area contributed by atoms with Crippen LogP contribution in [0.2, 0.25) is 0 Å². The highest BCUT2D eigenvalue weighted by Gasteiger charge is 2.25. The van der Waals surface area contributed by atoms with E-state index in [-0.39, 0.29) is 11.8 Å². The molecule has 3 aromatic heterocycles. The highest BCUT2D eigenvalue weighted by Crippen LogP contribution is 2.26. The number of H-pyrrole nitrogens is 1. The molecule has 10 heteroatoms. The van der Waals surface area contributed by atoms with Gasteiger partial charge in [0, 0.05) is 69.6 Å². The molecule has 4 N–H and O–H groups in total. The highest BCUT2D eigenvalue weighted by molar-refractivity contribution is 6.00. The molecule has 39 heavy (non-hydrogen) atoms. The molecule has 4 aromatic rings. The van der Waals surface area contributed by atoms with Gasteiger partial charge >= 0.3 is 0 Å². The largest absolute Gasteiger partial charge is 0.368 e. The number of fused-ring (bicyclic) bond motifs is 1. The Morgan fingerprint density at radius 1 is 1.00 bits per heavy atom. The van der Waals surface area contributed by atoms with Crippen LogP contribution in [0.1, 0.15) is 35.9 Å². The lowest BCUT2D eigenvalue weighted by molar-refractivity contribution is -0.118. The Labute approximate surface area is 227 Å². The molecule has 202 valence electrons. The molecule has 0 saturated carbocycles. The standard InChI is InChI=1S/C29H34N8O2/c1-20(38)30-15-16-33-27-24-19-25(34-28(24)36-26(35-27)21-7-3-2-4-8-21)29(39)37-17-11-23(12-18-37)32-14-10-22-9-5-6-13-31-22/h2-9,13,19,23,32H,10-12,14-18H2,1H3,(H,30,38)(H2,33,34,35,36). The van der Waals surface area contributed by atoms with Gasteiger partial charge in [0.2, 0.25) is 5.91 Å². The van der Waals surface area contributed by atoms with Gasteiger partial charge in [0.25, 0.3) is 5.91 Å². The fourth-order valence-corrected chi connectivity index (χ4v) is 4.80. The van der Waals surface area contributed by atoms with Crippen molar-refractivity contribution in [2.45, 2.75) is 32.2 Å². The lowest BCUT2D eigenvalue weighted by Crippen LogP contribution is -2.45. The van der Waals surface area contributed by atoms with Gasteiger partial charge in [0.15, 0.2) is 5.82 Å². The number of amides is 2. The molecular weight excluding hydrogens is 492 g/mol. The van der Waals surface area contributed by atoms with Gasteiger partial charge in [-0.25, -0.2) is 9.97 Å². The summed E-state index contributed by atoms with van der Waals surface area (Å²) in [6.45, 7) is 4.70. The van der Waals surface area contributed by atoms with Crippen LogP contribution in [0.4, 0.5) is 5.82 Å². The third-order valence-corrected chi connectivity index (χ3v) is 6.86. The molecule has 4 heterocycles. The number of hydrogen-bond donors (Lipinski definition) is 4. The van der Waals surface area contributed by atoms with Crippen LogP contribution in [-0.4, -0.2) is 75.4 Å². The Balaban J connectivity index is 1.25. The quantitative estimate of drug-likeness (QED) is 0.234. The maximum absolute atomic E-state index is 13.4. The maximum Gasteiger partial charge on any atom is 0.270 e. The van der Waals surface area contributed by atoms with E-state index in [1.54, 1.807) is 0 Å². The highest BCUT2D eigenvalue weighted by atomic mass is 16.2. The van der Waals surface area contributed by atoms with Crippen molar-refractivity contribution in [2.75, 3.05) is 38.0 Å². The number of carbonyl (C=O) groups is 2. The van der Waals surface area contributed by atoms with Gasteiger partial charge in [-0.2, -0.15) is 0 Å². The van der Waals surface area contributed by atoms with Crippen molar-refractivity contribution >= 4 is 28.7 Å². The number of nitrogens with one attached hydrogen (secondary N) is 4. The molecule has 2 amide bonds. The lowest BCUT2D eigenvalue weighted by Gasteiger charge is -2.32. The van der Waals surface area contributed by atoms with Gasteiger partial charge in [-0.1, -0.05) is 36.4 Å². The van der Waals surface area contributed by atoms with E-state index >= 15 is 0 Å². The minimum atomic E-state index is -0.0868. The number of aromatic amines is 1. The molecule has 10 nitrogen and oxygen atoms in total. The summed E-state index contributed by atoms with van der Waals surface area (Å²) in [6, 6.07) is 17.9. The molecule has 1 aliphatic heterocycles. The van der Waals surface area contributed by atoms with Crippen molar-refractivity contribution in [1.82, 2.24) is 35.5 Å². The lowest BCUT2D eigenvalue weighted by atomic mass is 10.0. The number of pyridine rings is 1. The number of hydrogen-bond acceptors (Lipinski definition) is 7. The zero-order valence-corrected chi connectivity index (χ0v) is 22.1. The molecule has 0 radical (unpaired) electrons. The smallest absolute Gasteiger partial charge is 0.270 e. The van der Waals surface area contributed by atoms with E-state index in [1.165, 1.54) is 6.92 Å². The summed E-state index contributed by atoms with van der Waals surface area (Å²) in [7, 11) is 0. The fraction of sp³-hybridized carbons (Fsp3) is 0.345. The summed E-state index contributed by atoms with van der Waals surface area (Å²) in [4.78, 5) is 43.7. The summed E-state index contributed by atoms with van der Waals surface area (Å²) in [5, 5.41) is 10.4. The topological polar surface area (TPSA) is 128 Å². The second kappa shape index (κ2) is 12.5. The second-order valence-corrected chi connectivity index (χ2v) is 9.71. The number of likely N-dealkylation sites (tertiary alicyclic amines) is 1. The average molecular weight is 527 g/mol. The summed E-state index contributed by atoms with van der Waals surface area (Å²) in [6.07, 6.45) is 4.52. The van der Waals surface area contributed by atoms with Crippen molar-refractivity contribution in [3.05, 3.63) is 72.2 Å². The van der Waals surface area contributed by atoms with Crippen molar-refractivity contribution in [1.29, 1.82) is 0 Å². The number of nitrogens with zero attached hydrogens (tertiary/aromatic N) is 4. The van der Waals surface area contributed by atoms with Gasteiger partial charge in [0.1, 0.15) is 17.2 Å². The van der Waals surface area contributed by atoms with Crippen LogP contribution >= 0.6 is 0 Å². The van der Waals surface area contributed by atoms with Gasteiger partial charge in [-0.3, -0.25) is 14.6 Å². The Morgan fingerprint density at radius 2 is 1.79 bits per heavy atom.